The topological polar surface area (TPSA) is 72.8 Å². The first-order valence-electron chi connectivity index (χ1n) is 8.02. The number of aliphatic hydroxyl groups excluding tert-OH is 1. The van der Waals surface area contributed by atoms with Crippen LogP contribution in [-0.2, 0) is 9.47 Å². The number of carbonyl (C=O) groups excluding carboxylic acids is 2. The molecule has 0 saturated carbocycles. The Bertz CT molecular complexity index is 755. The molecule has 1 aliphatic rings. The summed E-state index contributed by atoms with van der Waals surface area (Å²) in [6.45, 7) is 0. The number of esters is 2. The maximum Gasteiger partial charge on any atom is 0.339 e. The summed E-state index contributed by atoms with van der Waals surface area (Å²) in [4.78, 5) is 24.5. The maximum atomic E-state index is 14.5. The number of rotatable bonds is 4. The molecule has 26 heavy (non-hydrogen) atoms. The molecule has 0 amide bonds. The molecule has 2 aromatic rings. The van der Waals surface area contributed by atoms with Gasteiger partial charge in [0.15, 0.2) is 17.7 Å². The molecule has 0 radical (unpaired) electrons. The van der Waals surface area contributed by atoms with Crippen molar-refractivity contribution in [2.45, 2.75) is 23.8 Å². The van der Waals surface area contributed by atoms with Gasteiger partial charge in [0, 0.05) is 5.75 Å². The van der Waals surface area contributed by atoms with Crippen LogP contribution in [-0.4, -0.2) is 46.6 Å². The van der Waals surface area contributed by atoms with Gasteiger partial charge in [0.2, 0.25) is 0 Å². The van der Waals surface area contributed by atoms with Crippen LogP contribution in [0.5, 0.6) is 0 Å². The lowest BCUT2D eigenvalue weighted by Gasteiger charge is -2.35. The first-order chi connectivity index (χ1) is 12.6. The fourth-order valence-corrected chi connectivity index (χ4v) is 3.61. The summed E-state index contributed by atoms with van der Waals surface area (Å²) in [6.07, 6.45) is -4.55. The fraction of sp³-hybridized carbons (Fsp3) is 0.263. The molecular formula is C19H17FO5S. The van der Waals surface area contributed by atoms with Gasteiger partial charge in [-0.15, -0.1) is 11.8 Å². The SMILES string of the molecule is O=C(O[C@@H]1[C@@H](F)[C@H](O)CS[C@H]1OC(=O)c1ccccc1)c1ccccc1. The molecule has 4 atom stereocenters. The first-order valence-corrected chi connectivity index (χ1v) is 9.07. The third kappa shape index (κ3) is 4.23. The number of halogens is 1. The van der Waals surface area contributed by atoms with Crippen LogP contribution in [0.4, 0.5) is 4.39 Å². The number of aliphatic hydroxyl groups is 1. The van der Waals surface area contributed by atoms with Crippen LogP contribution in [0.25, 0.3) is 0 Å². The zero-order valence-electron chi connectivity index (χ0n) is 13.7. The largest absolute Gasteiger partial charge is 0.451 e. The molecule has 0 aromatic heterocycles. The average molecular weight is 376 g/mol. The van der Waals surface area contributed by atoms with E-state index >= 15 is 0 Å². The van der Waals surface area contributed by atoms with E-state index in [9.17, 15) is 19.1 Å². The van der Waals surface area contributed by atoms with E-state index in [-0.39, 0.29) is 11.3 Å². The van der Waals surface area contributed by atoms with Crippen molar-refractivity contribution in [3.63, 3.8) is 0 Å². The van der Waals surface area contributed by atoms with E-state index in [0.717, 1.165) is 11.8 Å². The predicted octanol–water partition coefficient (Wildman–Crippen LogP) is 2.84. The summed E-state index contributed by atoms with van der Waals surface area (Å²) < 4.78 is 25.1. The first kappa shape index (κ1) is 18.4. The van der Waals surface area contributed by atoms with Crippen molar-refractivity contribution in [3.8, 4) is 0 Å². The normalized spacial score (nSPS) is 25.3. The highest BCUT2D eigenvalue weighted by Gasteiger charge is 2.44. The second kappa shape index (κ2) is 8.33. The minimum absolute atomic E-state index is 0.0350. The Balaban J connectivity index is 1.74. The van der Waals surface area contributed by atoms with Crippen LogP contribution in [0, 0.1) is 0 Å². The summed E-state index contributed by atoms with van der Waals surface area (Å²) in [6, 6.07) is 16.4. The number of benzene rings is 2. The lowest BCUT2D eigenvalue weighted by Crippen LogP contribution is -2.50. The number of ether oxygens (including phenoxy) is 2. The van der Waals surface area contributed by atoms with E-state index in [1.807, 2.05) is 0 Å². The number of carbonyl (C=O) groups is 2. The monoisotopic (exact) mass is 376 g/mol. The van der Waals surface area contributed by atoms with Crippen LogP contribution < -0.4 is 0 Å². The zero-order valence-corrected chi connectivity index (χ0v) is 14.5. The summed E-state index contributed by atoms with van der Waals surface area (Å²) in [5.74, 6) is -1.35. The third-order valence-electron chi connectivity index (χ3n) is 3.87. The lowest BCUT2D eigenvalue weighted by atomic mass is 10.1. The maximum absolute atomic E-state index is 14.5. The van der Waals surface area contributed by atoms with E-state index in [1.165, 1.54) is 12.1 Å². The minimum Gasteiger partial charge on any atom is -0.451 e. The highest BCUT2D eigenvalue weighted by atomic mass is 32.2. The molecule has 0 spiro atoms. The van der Waals surface area contributed by atoms with E-state index in [1.54, 1.807) is 48.5 Å². The molecule has 0 aliphatic carbocycles. The summed E-state index contributed by atoms with van der Waals surface area (Å²) in [5, 5.41) is 9.77. The molecule has 2 aromatic carbocycles. The molecule has 1 fully saturated rings. The second-order valence-corrected chi connectivity index (χ2v) is 6.85. The van der Waals surface area contributed by atoms with Gasteiger partial charge < -0.3 is 14.6 Å². The smallest absolute Gasteiger partial charge is 0.339 e. The Hall–Kier alpha value is -2.38. The quantitative estimate of drug-likeness (QED) is 0.828. The van der Waals surface area contributed by atoms with E-state index < -0.39 is 35.8 Å². The minimum atomic E-state index is -1.85. The number of thioether (sulfide) groups is 1. The molecule has 1 aliphatic heterocycles. The highest BCUT2D eigenvalue weighted by Crippen LogP contribution is 2.32. The molecule has 0 bridgehead atoms. The standard InChI is InChI=1S/C19H17FO5S/c20-15-14(21)11-26-19(25-18(23)13-9-5-2-6-10-13)16(15)24-17(22)12-7-3-1-4-8-12/h1-10,14-16,19,21H,11H2/t14-,15+,16-,19-/m1/s1. The van der Waals surface area contributed by atoms with Gasteiger partial charge in [-0.2, -0.15) is 0 Å². The number of alkyl halides is 1. The molecule has 1 saturated heterocycles. The third-order valence-corrected chi connectivity index (χ3v) is 5.09. The summed E-state index contributed by atoms with van der Waals surface area (Å²) in [5.41, 5.74) is -0.491. The van der Waals surface area contributed by atoms with Crippen LogP contribution in [0.2, 0.25) is 0 Å². The molecule has 1 N–H and O–H groups in total. The Morgan fingerprint density at radius 3 is 1.96 bits per heavy atom. The molecular weight excluding hydrogens is 359 g/mol. The van der Waals surface area contributed by atoms with Crippen molar-refractivity contribution in [2.24, 2.45) is 0 Å². The second-order valence-electron chi connectivity index (χ2n) is 5.72. The van der Waals surface area contributed by atoms with Gasteiger partial charge in [0.25, 0.3) is 0 Å². The van der Waals surface area contributed by atoms with Gasteiger partial charge in [-0.05, 0) is 24.3 Å². The van der Waals surface area contributed by atoms with E-state index in [4.69, 9.17) is 9.47 Å². The molecule has 5 nitrogen and oxygen atoms in total. The van der Waals surface area contributed by atoms with Gasteiger partial charge in [0.1, 0.15) is 0 Å². The van der Waals surface area contributed by atoms with Crippen molar-refractivity contribution in [3.05, 3.63) is 71.8 Å². The fourth-order valence-electron chi connectivity index (χ4n) is 2.48. The molecule has 1 heterocycles. The predicted molar refractivity (Wildman–Crippen MR) is 94.7 cm³/mol. The highest BCUT2D eigenvalue weighted by molar-refractivity contribution is 7.99. The van der Waals surface area contributed by atoms with Gasteiger partial charge in [-0.25, -0.2) is 14.0 Å². The Kier molecular flexibility index (Phi) is 5.90. The van der Waals surface area contributed by atoms with Gasteiger partial charge in [-0.1, -0.05) is 36.4 Å². The van der Waals surface area contributed by atoms with Crippen molar-refractivity contribution in [1.29, 1.82) is 0 Å². The van der Waals surface area contributed by atoms with Gasteiger partial charge in [0.05, 0.1) is 17.2 Å². The van der Waals surface area contributed by atoms with Crippen LogP contribution in [0.3, 0.4) is 0 Å². The molecule has 3 rings (SSSR count). The van der Waals surface area contributed by atoms with Crippen LogP contribution in [0.15, 0.2) is 60.7 Å². The summed E-state index contributed by atoms with van der Waals surface area (Å²) in [7, 11) is 0. The molecule has 0 unspecified atom stereocenters. The van der Waals surface area contributed by atoms with Crippen molar-refractivity contribution in [1.82, 2.24) is 0 Å². The summed E-state index contributed by atoms with van der Waals surface area (Å²) >= 11 is 1.03. The van der Waals surface area contributed by atoms with Crippen LogP contribution >= 0.6 is 11.8 Å². The van der Waals surface area contributed by atoms with Crippen LogP contribution in [0.1, 0.15) is 20.7 Å². The number of hydrogen-bond acceptors (Lipinski definition) is 6. The van der Waals surface area contributed by atoms with Crippen molar-refractivity contribution < 1.29 is 28.6 Å². The van der Waals surface area contributed by atoms with Gasteiger partial charge >= 0.3 is 11.9 Å². The number of hydrogen-bond donors (Lipinski definition) is 1. The lowest BCUT2D eigenvalue weighted by molar-refractivity contribution is -0.0669. The zero-order chi connectivity index (χ0) is 18.5. The Morgan fingerprint density at radius 1 is 0.923 bits per heavy atom. The Morgan fingerprint density at radius 2 is 1.42 bits per heavy atom. The average Bonchev–Trinajstić information content (AvgIpc) is 2.68. The van der Waals surface area contributed by atoms with E-state index in [2.05, 4.69) is 0 Å². The van der Waals surface area contributed by atoms with Crippen molar-refractivity contribution >= 4 is 23.7 Å². The molecule has 136 valence electrons. The van der Waals surface area contributed by atoms with Crippen molar-refractivity contribution in [2.75, 3.05) is 5.75 Å². The van der Waals surface area contributed by atoms with Gasteiger partial charge in [-0.3, -0.25) is 0 Å². The Labute approximate surface area is 154 Å². The molecule has 7 heteroatoms. The van der Waals surface area contributed by atoms with E-state index in [0.29, 0.717) is 5.56 Å².